The van der Waals surface area contributed by atoms with Crippen LogP contribution in [0.5, 0.6) is 0 Å². The van der Waals surface area contributed by atoms with Gasteiger partial charge in [-0.15, -0.1) is 0 Å². The lowest BCUT2D eigenvalue weighted by Gasteiger charge is -2.00. The highest BCUT2D eigenvalue weighted by molar-refractivity contribution is 6.62. The molecule has 0 heterocycles. The molecule has 1 rings (SSSR count). The highest BCUT2D eigenvalue weighted by atomic mass is 35.5. The van der Waals surface area contributed by atoms with Crippen LogP contribution in [-0.2, 0) is 0 Å². The Morgan fingerprint density at radius 2 is 2.00 bits per heavy atom. The average Bonchev–Trinajstić information content (AvgIpc) is 1.94. The molecule has 0 radical (unpaired) electrons. The Bertz CT molecular complexity index is 267. The fourth-order valence-electron chi connectivity index (χ4n) is 0.712. The molecule has 1 aromatic carbocycles. The second kappa shape index (κ2) is 3.22. The summed E-state index contributed by atoms with van der Waals surface area (Å²) in [7, 11) is -1.72. The zero-order valence-electron chi connectivity index (χ0n) is 5.46. The fraction of sp³-hybridized carbons (Fsp3) is 0. The van der Waals surface area contributed by atoms with Crippen LogP contribution in [0.25, 0.3) is 0 Å². The molecule has 2 nitrogen and oxygen atoms in total. The van der Waals surface area contributed by atoms with Crippen LogP contribution < -0.4 is 5.46 Å². The summed E-state index contributed by atoms with van der Waals surface area (Å²) in [6, 6.07) is 3.40. The summed E-state index contributed by atoms with van der Waals surface area (Å²) in [5, 5.41) is 17.4. The highest BCUT2D eigenvalue weighted by Gasteiger charge is 2.15. The van der Waals surface area contributed by atoms with Gasteiger partial charge in [0, 0.05) is 10.5 Å². The van der Waals surface area contributed by atoms with Gasteiger partial charge in [0.2, 0.25) is 0 Å². The molecular weight excluding hydrogens is 169 g/mol. The predicted octanol–water partition coefficient (Wildman–Crippen LogP) is 0.159. The van der Waals surface area contributed by atoms with Gasteiger partial charge in [-0.05, 0) is 18.2 Å². The molecule has 0 aliphatic carbocycles. The molecule has 0 bridgehead atoms. The van der Waals surface area contributed by atoms with E-state index >= 15 is 0 Å². The first kappa shape index (κ1) is 8.52. The van der Waals surface area contributed by atoms with E-state index in [9.17, 15) is 4.39 Å². The van der Waals surface area contributed by atoms with Crippen molar-refractivity contribution in [1.29, 1.82) is 0 Å². The number of benzene rings is 1. The van der Waals surface area contributed by atoms with Crippen LogP contribution in [-0.4, -0.2) is 17.2 Å². The first-order valence-corrected chi connectivity index (χ1v) is 3.30. The second-order valence-corrected chi connectivity index (χ2v) is 2.45. The molecule has 2 N–H and O–H groups in total. The molecule has 0 amide bonds. The van der Waals surface area contributed by atoms with Gasteiger partial charge >= 0.3 is 7.12 Å². The Morgan fingerprint density at radius 1 is 1.36 bits per heavy atom. The maximum absolute atomic E-state index is 12.4. The number of hydrogen-bond donors (Lipinski definition) is 2. The quantitative estimate of drug-likeness (QED) is 0.596. The molecule has 1 aromatic rings. The van der Waals surface area contributed by atoms with Crippen LogP contribution in [0, 0.1) is 5.82 Å². The summed E-state index contributed by atoms with van der Waals surface area (Å²) in [5.41, 5.74) is -0.0216. The lowest BCUT2D eigenvalue weighted by molar-refractivity contribution is 0.425. The predicted molar refractivity (Wildman–Crippen MR) is 41.2 cm³/mol. The van der Waals surface area contributed by atoms with Crippen LogP contribution in [0.3, 0.4) is 0 Å². The zero-order valence-corrected chi connectivity index (χ0v) is 6.22. The Kier molecular flexibility index (Phi) is 2.49. The van der Waals surface area contributed by atoms with E-state index in [0.717, 1.165) is 12.1 Å². The zero-order chi connectivity index (χ0) is 8.43. The van der Waals surface area contributed by atoms with Crippen molar-refractivity contribution in [2.24, 2.45) is 0 Å². The van der Waals surface area contributed by atoms with Gasteiger partial charge in [-0.1, -0.05) is 11.6 Å². The van der Waals surface area contributed by atoms with Gasteiger partial charge in [0.1, 0.15) is 5.82 Å². The normalized spacial score (nSPS) is 9.82. The first-order chi connectivity index (χ1) is 5.11. The summed E-state index contributed by atoms with van der Waals surface area (Å²) < 4.78 is 12.4. The highest BCUT2D eigenvalue weighted by Crippen LogP contribution is 2.06. The molecule has 11 heavy (non-hydrogen) atoms. The van der Waals surface area contributed by atoms with Gasteiger partial charge in [-0.25, -0.2) is 4.39 Å². The van der Waals surface area contributed by atoms with Crippen molar-refractivity contribution in [2.45, 2.75) is 0 Å². The molecule has 0 aliphatic heterocycles. The minimum atomic E-state index is -1.72. The minimum absolute atomic E-state index is 0.0216. The van der Waals surface area contributed by atoms with E-state index in [1.165, 1.54) is 6.07 Å². The lowest BCUT2D eigenvalue weighted by atomic mass is 9.80. The third-order valence-electron chi connectivity index (χ3n) is 1.24. The monoisotopic (exact) mass is 174 g/mol. The Morgan fingerprint density at radius 3 is 2.45 bits per heavy atom. The molecule has 0 saturated heterocycles. The topological polar surface area (TPSA) is 40.5 Å². The van der Waals surface area contributed by atoms with Crippen molar-refractivity contribution < 1.29 is 14.4 Å². The largest absolute Gasteiger partial charge is 0.490 e. The molecule has 0 aliphatic rings. The molecule has 0 spiro atoms. The molecule has 58 valence electrons. The van der Waals surface area contributed by atoms with E-state index in [4.69, 9.17) is 21.6 Å². The molecule has 0 saturated carbocycles. The van der Waals surface area contributed by atoms with E-state index in [0.29, 0.717) is 0 Å². The van der Waals surface area contributed by atoms with Crippen LogP contribution in [0.15, 0.2) is 18.2 Å². The summed E-state index contributed by atoms with van der Waals surface area (Å²) in [4.78, 5) is 0. The Balaban J connectivity index is 3.13. The van der Waals surface area contributed by atoms with E-state index < -0.39 is 12.9 Å². The third kappa shape index (κ3) is 1.93. The van der Waals surface area contributed by atoms with Gasteiger partial charge in [0.15, 0.2) is 0 Å². The molecule has 5 heteroatoms. The second-order valence-electron chi connectivity index (χ2n) is 2.04. The van der Waals surface area contributed by atoms with Crippen molar-refractivity contribution in [3.8, 4) is 0 Å². The smallest absolute Gasteiger partial charge is 0.423 e. The average molecular weight is 174 g/mol. The van der Waals surface area contributed by atoms with Gasteiger partial charge in [-0.3, -0.25) is 0 Å². The SMILES string of the molecule is OB(O)c1cc(F)ccc1Cl. The third-order valence-corrected chi connectivity index (χ3v) is 1.58. The lowest BCUT2D eigenvalue weighted by Crippen LogP contribution is -2.31. The van der Waals surface area contributed by atoms with Crippen molar-refractivity contribution >= 4 is 24.2 Å². The number of hydrogen-bond acceptors (Lipinski definition) is 2. The van der Waals surface area contributed by atoms with Crippen LogP contribution in [0.2, 0.25) is 5.02 Å². The van der Waals surface area contributed by atoms with E-state index in [-0.39, 0.29) is 10.5 Å². The van der Waals surface area contributed by atoms with Gasteiger partial charge in [-0.2, -0.15) is 0 Å². The van der Waals surface area contributed by atoms with Crippen molar-refractivity contribution in [1.82, 2.24) is 0 Å². The molecule has 0 atom stereocenters. The van der Waals surface area contributed by atoms with Crippen LogP contribution >= 0.6 is 11.6 Å². The minimum Gasteiger partial charge on any atom is -0.423 e. The van der Waals surface area contributed by atoms with Crippen molar-refractivity contribution in [3.63, 3.8) is 0 Å². The van der Waals surface area contributed by atoms with Crippen LogP contribution in [0.4, 0.5) is 4.39 Å². The Labute approximate surface area is 68.4 Å². The van der Waals surface area contributed by atoms with Gasteiger partial charge in [0.25, 0.3) is 0 Å². The molecular formula is C6H5BClFO2. The van der Waals surface area contributed by atoms with E-state index in [1.807, 2.05) is 0 Å². The molecule has 0 unspecified atom stereocenters. The fourth-order valence-corrected chi connectivity index (χ4v) is 0.928. The number of rotatable bonds is 1. The standard InChI is InChI=1S/C6H5BClFO2/c8-6-2-1-4(9)3-5(6)7(10)11/h1-3,10-11H. The molecule has 0 aromatic heterocycles. The summed E-state index contributed by atoms with van der Waals surface area (Å²) in [6.07, 6.45) is 0. The number of halogens is 2. The van der Waals surface area contributed by atoms with E-state index in [2.05, 4.69) is 0 Å². The van der Waals surface area contributed by atoms with Crippen LogP contribution in [0.1, 0.15) is 0 Å². The first-order valence-electron chi connectivity index (χ1n) is 2.92. The van der Waals surface area contributed by atoms with Crippen molar-refractivity contribution in [2.75, 3.05) is 0 Å². The van der Waals surface area contributed by atoms with Gasteiger partial charge in [0.05, 0.1) is 0 Å². The summed E-state index contributed by atoms with van der Waals surface area (Å²) in [5.74, 6) is -0.544. The van der Waals surface area contributed by atoms with Gasteiger partial charge < -0.3 is 10.0 Å². The summed E-state index contributed by atoms with van der Waals surface area (Å²) in [6.45, 7) is 0. The summed E-state index contributed by atoms with van der Waals surface area (Å²) >= 11 is 5.50. The van der Waals surface area contributed by atoms with E-state index in [1.54, 1.807) is 0 Å². The maximum Gasteiger partial charge on any atom is 0.490 e. The molecule has 0 fully saturated rings. The van der Waals surface area contributed by atoms with Crippen molar-refractivity contribution in [3.05, 3.63) is 29.0 Å². The Hall–Kier alpha value is -0.575. The maximum atomic E-state index is 12.4.